The van der Waals surface area contributed by atoms with Gasteiger partial charge >= 0.3 is 0 Å². The molecule has 0 aliphatic heterocycles. The van der Waals surface area contributed by atoms with Gasteiger partial charge < -0.3 is 10.5 Å². The minimum absolute atomic E-state index is 0.275. The Bertz CT molecular complexity index is 646. The van der Waals surface area contributed by atoms with Gasteiger partial charge in [-0.2, -0.15) is 5.10 Å². The van der Waals surface area contributed by atoms with Crippen molar-refractivity contribution in [1.29, 1.82) is 0 Å². The van der Waals surface area contributed by atoms with Crippen LogP contribution in [0.5, 0.6) is 5.75 Å². The van der Waals surface area contributed by atoms with Crippen LogP contribution in [-0.2, 0) is 0 Å². The predicted molar refractivity (Wildman–Crippen MR) is 83.5 cm³/mol. The number of carbonyl (C=O) groups is 1. The van der Waals surface area contributed by atoms with E-state index in [4.69, 9.17) is 10.5 Å². The van der Waals surface area contributed by atoms with Crippen molar-refractivity contribution in [2.45, 2.75) is 6.92 Å². The van der Waals surface area contributed by atoms with E-state index in [1.165, 1.54) is 0 Å². The van der Waals surface area contributed by atoms with E-state index < -0.39 is 0 Å². The van der Waals surface area contributed by atoms with Crippen LogP contribution in [0.15, 0.2) is 53.6 Å². The summed E-state index contributed by atoms with van der Waals surface area (Å²) >= 11 is 0. The molecular formula is C16H17N3O2. The summed E-state index contributed by atoms with van der Waals surface area (Å²) in [6.07, 6.45) is 0. The summed E-state index contributed by atoms with van der Waals surface area (Å²) in [4.78, 5) is 11.9. The first-order chi connectivity index (χ1) is 10.1. The largest absolute Gasteiger partial charge is 0.497 e. The summed E-state index contributed by atoms with van der Waals surface area (Å²) < 4.78 is 5.09. The maximum absolute atomic E-state index is 11.9. The molecule has 0 spiro atoms. The lowest BCUT2D eigenvalue weighted by Gasteiger charge is -2.04. The number of anilines is 1. The fourth-order valence-corrected chi connectivity index (χ4v) is 1.73. The van der Waals surface area contributed by atoms with Crippen molar-refractivity contribution in [1.82, 2.24) is 5.43 Å². The Balaban J connectivity index is 2.05. The molecule has 5 nitrogen and oxygen atoms in total. The zero-order valence-corrected chi connectivity index (χ0v) is 12.0. The van der Waals surface area contributed by atoms with E-state index in [2.05, 4.69) is 10.5 Å². The molecule has 21 heavy (non-hydrogen) atoms. The molecule has 2 aromatic rings. The van der Waals surface area contributed by atoms with Gasteiger partial charge in [-0.1, -0.05) is 0 Å². The molecule has 0 aliphatic carbocycles. The van der Waals surface area contributed by atoms with Gasteiger partial charge in [-0.15, -0.1) is 0 Å². The van der Waals surface area contributed by atoms with Crippen LogP contribution >= 0.6 is 0 Å². The Morgan fingerprint density at radius 2 is 1.62 bits per heavy atom. The van der Waals surface area contributed by atoms with Gasteiger partial charge in [-0.3, -0.25) is 4.79 Å². The van der Waals surface area contributed by atoms with Gasteiger partial charge in [0, 0.05) is 11.3 Å². The zero-order chi connectivity index (χ0) is 15.2. The Hall–Kier alpha value is -2.82. The van der Waals surface area contributed by atoms with Crippen LogP contribution in [0.3, 0.4) is 0 Å². The lowest BCUT2D eigenvalue weighted by Crippen LogP contribution is -2.19. The molecule has 0 fully saturated rings. The molecule has 2 rings (SSSR count). The SMILES string of the molecule is COc1ccc(C(C)=NNC(=O)c2ccc(N)cc2)cc1. The number of carbonyl (C=O) groups excluding carboxylic acids is 1. The van der Waals surface area contributed by atoms with Gasteiger partial charge in [0.2, 0.25) is 0 Å². The van der Waals surface area contributed by atoms with E-state index in [0.717, 1.165) is 11.3 Å². The van der Waals surface area contributed by atoms with Crippen molar-refractivity contribution in [2.75, 3.05) is 12.8 Å². The average Bonchev–Trinajstić information content (AvgIpc) is 2.53. The maximum atomic E-state index is 11.9. The summed E-state index contributed by atoms with van der Waals surface area (Å²) in [7, 11) is 1.61. The van der Waals surface area contributed by atoms with Crippen molar-refractivity contribution in [2.24, 2.45) is 5.10 Å². The number of methoxy groups -OCH3 is 1. The zero-order valence-electron chi connectivity index (χ0n) is 12.0. The lowest BCUT2D eigenvalue weighted by molar-refractivity contribution is 0.0955. The molecule has 0 bridgehead atoms. The third-order valence-corrected chi connectivity index (χ3v) is 3.01. The number of nitrogen functional groups attached to an aromatic ring is 1. The smallest absolute Gasteiger partial charge is 0.271 e. The number of nitrogens with two attached hydrogens (primary N) is 1. The van der Waals surface area contributed by atoms with Gasteiger partial charge in [0.1, 0.15) is 5.75 Å². The van der Waals surface area contributed by atoms with Gasteiger partial charge in [0.25, 0.3) is 5.91 Å². The first-order valence-corrected chi connectivity index (χ1v) is 6.45. The summed E-state index contributed by atoms with van der Waals surface area (Å²) in [5.74, 6) is 0.500. The van der Waals surface area contributed by atoms with Crippen LogP contribution in [0.4, 0.5) is 5.69 Å². The Labute approximate surface area is 123 Å². The minimum Gasteiger partial charge on any atom is -0.497 e. The molecule has 0 saturated carbocycles. The number of benzene rings is 2. The Morgan fingerprint density at radius 1 is 1.05 bits per heavy atom. The van der Waals surface area contributed by atoms with Crippen molar-refractivity contribution >= 4 is 17.3 Å². The number of hydrogen-bond donors (Lipinski definition) is 2. The molecule has 0 heterocycles. The second-order valence-electron chi connectivity index (χ2n) is 4.49. The molecule has 0 atom stereocenters. The van der Waals surface area contributed by atoms with Crippen LogP contribution in [-0.4, -0.2) is 18.7 Å². The predicted octanol–water partition coefficient (Wildman–Crippen LogP) is 2.43. The van der Waals surface area contributed by atoms with E-state index in [0.29, 0.717) is 17.0 Å². The lowest BCUT2D eigenvalue weighted by atomic mass is 10.1. The van der Waals surface area contributed by atoms with Gasteiger partial charge in [0.15, 0.2) is 0 Å². The molecule has 1 amide bonds. The van der Waals surface area contributed by atoms with Crippen molar-refractivity contribution in [3.05, 3.63) is 59.7 Å². The highest BCUT2D eigenvalue weighted by molar-refractivity contribution is 6.00. The second kappa shape index (κ2) is 6.56. The molecular weight excluding hydrogens is 266 g/mol. The van der Waals surface area contributed by atoms with Gasteiger partial charge in [-0.05, 0) is 61.0 Å². The molecule has 2 aromatic carbocycles. The maximum Gasteiger partial charge on any atom is 0.271 e. The number of rotatable bonds is 4. The quantitative estimate of drug-likeness (QED) is 0.514. The van der Waals surface area contributed by atoms with E-state index in [-0.39, 0.29) is 5.91 Å². The van der Waals surface area contributed by atoms with Crippen LogP contribution in [0.25, 0.3) is 0 Å². The number of ether oxygens (including phenoxy) is 1. The van der Waals surface area contributed by atoms with E-state index in [1.807, 2.05) is 31.2 Å². The van der Waals surface area contributed by atoms with Crippen LogP contribution in [0, 0.1) is 0 Å². The number of hydrogen-bond acceptors (Lipinski definition) is 4. The molecule has 5 heteroatoms. The topological polar surface area (TPSA) is 76.7 Å². The highest BCUT2D eigenvalue weighted by Crippen LogP contribution is 2.12. The fraction of sp³-hybridized carbons (Fsp3) is 0.125. The van der Waals surface area contributed by atoms with Gasteiger partial charge in [-0.25, -0.2) is 5.43 Å². The fourth-order valence-electron chi connectivity index (χ4n) is 1.73. The summed E-state index contributed by atoms with van der Waals surface area (Å²) in [5.41, 5.74) is 10.8. The molecule has 0 aliphatic rings. The van der Waals surface area contributed by atoms with Crippen LogP contribution in [0.1, 0.15) is 22.8 Å². The molecule has 0 radical (unpaired) electrons. The first kappa shape index (κ1) is 14.6. The number of amides is 1. The molecule has 108 valence electrons. The Kier molecular flexibility index (Phi) is 4.56. The number of nitrogens with one attached hydrogen (secondary N) is 1. The number of nitrogens with zero attached hydrogens (tertiary/aromatic N) is 1. The standard InChI is InChI=1S/C16H17N3O2/c1-11(12-5-9-15(21-2)10-6-12)18-19-16(20)13-3-7-14(17)8-4-13/h3-10H,17H2,1-2H3,(H,19,20). The average molecular weight is 283 g/mol. The monoisotopic (exact) mass is 283 g/mol. The van der Waals surface area contributed by atoms with E-state index >= 15 is 0 Å². The second-order valence-corrected chi connectivity index (χ2v) is 4.49. The van der Waals surface area contributed by atoms with E-state index in [1.54, 1.807) is 31.4 Å². The van der Waals surface area contributed by atoms with E-state index in [9.17, 15) is 4.79 Å². The third-order valence-electron chi connectivity index (χ3n) is 3.01. The van der Waals surface area contributed by atoms with Crippen molar-refractivity contribution in [3.63, 3.8) is 0 Å². The minimum atomic E-state index is -0.275. The summed E-state index contributed by atoms with van der Waals surface area (Å²) in [6, 6.07) is 14.1. The third kappa shape index (κ3) is 3.82. The van der Waals surface area contributed by atoms with Crippen LogP contribution < -0.4 is 15.9 Å². The highest BCUT2D eigenvalue weighted by atomic mass is 16.5. The van der Waals surface area contributed by atoms with Gasteiger partial charge in [0.05, 0.1) is 12.8 Å². The summed E-state index contributed by atoms with van der Waals surface area (Å²) in [6.45, 7) is 1.82. The highest BCUT2D eigenvalue weighted by Gasteiger charge is 2.04. The molecule has 0 unspecified atom stereocenters. The van der Waals surface area contributed by atoms with Crippen molar-refractivity contribution in [3.8, 4) is 5.75 Å². The molecule has 0 saturated heterocycles. The summed E-state index contributed by atoms with van der Waals surface area (Å²) in [5, 5.41) is 4.09. The first-order valence-electron chi connectivity index (χ1n) is 6.45. The van der Waals surface area contributed by atoms with Crippen molar-refractivity contribution < 1.29 is 9.53 Å². The molecule has 3 N–H and O–H groups in total. The van der Waals surface area contributed by atoms with Crippen LogP contribution in [0.2, 0.25) is 0 Å². The Morgan fingerprint density at radius 3 is 2.19 bits per heavy atom. The molecule has 0 aromatic heterocycles. The number of hydrazone groups is 1. The normalized spacial score (nSPS) is 11.0.